The van der Waals surface area contributed by atoms with Gasteiger partial charge in [-0.1, -0.05) is 13.0 Å². The molecule has 1 atom stereocenters. The van der Waals surface area contributed by atoms with Crippen molar-refractivity contribution in [2.75, 3.05) is 31.7 Å². The maximum atomic E-state index is 9.93. The Kier molecular flexibility index (Phi) is 5.95. The lowest BCUT2D eigenvalue weighted by molar-refractivity contribution is 0.194. The minimum atomic E-state index is -0.603. The third-order valence-corrected chi connectivity index (χ3v) is 2.88. The van der Waals surface area contributed by atoms with Crippen LogP contribution in [0, 0.1) is 0 Å². The van der Waals surface area contributed by atoms with Gasteiger partial charge in [0.25, 0.3) is 0 Å². The number of ether oxygens (including phenoxy) is 1. The molecule has 0 saturated carbocycles. The van der Waals surface area contributed by atoms with E-state index in [9.17, 15) is 5.11 Å². The normalized spacial score (nSPS) is 12.3. The lowest BCUT2D eigenvalue weighted by Crippen LogP contribution is -2.28. The van der Waals surface area contributed by atoms with E-state index in [0.29, 0.717) is 12.3 Å². The van der Waals surface area contributed by atoms with E-state index >= 15 is 0 Å². The van der Waals surface area contributed by atoms with Gasteiger partial charge in [0.2, 0.25) is 0 Å². The quantitative estimate of drug-likeness (QED) is 0.780. The first-order valence-corrected chi connectivity index (χ1v) is 6.36. The molecule has 0 radical (unpaired) electrons. The average molecular weight is 253 g/mol. The standard InChI is InChI=1S/C14H23NO3/c1-4-8-15(9-10-16)12-6-5-7-13(18-3)14(12)11(2)17/h5-7,11,16-17H,4,8-10H2,1-3H3. The van der Waals surface area contributed by atoms with Crippen molar-refractivity contribution in [3.8, 4) is 5.75 Å². The predicted octanol–water partition coefficient (Wildman–Crippen LogP) is 1.96. The van der Waals surface area contributed by atoms with Crippen LogP contribution in [-0.4, -0.2) is 37.0 Å². The fraction of sp³-hybridized carbons (Fsp3) is 0.571. The Morgan fingerprint density at radius 1 is 1.33 bits per heavy atom. The molecule has 1 rings (SSSR count). The molecule has 102 valence electrons. The van der Waals surface area contributed by atoms with E-state index in [2.05, 4.69) is 11.8 Å². The van der Waals surface area contributed by atoms with Crippen molar-refractivity contribution in [1.82, 2.24) is 0 Å². The second-order valence-electron chi connectivity index (χ2n) is 4.28. The van der Waals surface area contributed by atoms with E-state index in [0.717, 1.165) is 24.2 Å². The van der Waals surface area contributed by atoms with Gasteiger partial charge in [0, 0.05) is 24.3 Å². The Hall–Kier alpha value is -1.26. The highest BCUT2D eigenvalue weighted by atomic mass is 16.5. The molecule has 0 amide bonds. The van der Waals surface area contributed by atoms with E-state index in [1.165, 1.54) is 0 Å². The van der Waals surface area contributed by atoms with Gasteiger partial charge in [-0.05, 0) is 25.5 Å². The summed E-state index contributed by atoms with van der Waals surface area (Å²) in [6.45, 7) is 5.31. The summed E-state index contributed by atoms with van der Waals surface area (Å²) in [5.41, 5.74) is 1.71. The molecular formula is C14H23NO3. The largest absolute Gasteiger partial charge is 0.496 e. The van der Waals surface area contributed by atoms with Crippen LogP contribution in [0.2, 0.25) is 0 Å². The Morgan fingerprint density at radius 3 is 2.56 bits per heavy atom. The molecule has 0 aliphatic rings. The first-order valence-electron chi connectivity index (χ1n) is 6.36. The molecule has 0 heterocycles. The highest BCUT2D eigenvalue weighted by Gasteiger charge is 2.18. The SMILES string of the molecule is CCCN(CCO)c1cccc(OC)c1C(C)O. The van der Waals surface area contributed by atoms with Crippen molar-refractivity contribution in [1.29, 1.82) is 0 Å². The summed E-state index contributed by atoms with van der Waals surface area (Å²) in [5, 5.41) is 19.1. The van der Waals surface area contributed by atoms with Gasteiger partial charge >= 0.3 is 0 Å². The molecule has 1 unspecified atom stereocenters. The molecule has 4 heteroatoms. The summed E-state index contributed by atoms with van der Waals surface area (Å²) >= 11 is 0. The first-order chi connectivity index (χ1) is 8.65. The third-order valence-electron chi connectivity index (χ3n) is 2.88. The predicted molar refractivity (Wildman–Crippen MR) is 73.2 cm³/mol. The van der Waals surface area contributed by atoms with Gasteiger partial charge < -0.3 is 19.8 Å². The zero-order valence-electron chi connectivity index (χ0n) is 11.4. The van der Waals surface area contributed by atoms with Crippen LogP contribution in [0.5, 0.6) is 5.75 Å². The Balaban J connectivity index is 3.18. The molecule has 0 aliphatic heterocycles. The summed E-state index contributed by atoms with van der Waals surface area (Å²) in [6, 6.07) is 5.70. The van der Waals surface area contributed by atoms with Crippen molar-refractivity contribution in [3.63, 3.8) is 0 Å². The van der Waals surface area contributed by atoms with Crippen LogP contribution >= 0.6 is 0 Å². The average Bonchev–Trinajstić information content (AvgIpc) is 2.37. The fourth-order valence-corrected chi connectivity index (χ4v) is 2.15. The molecule has 1 aromatic rings. The first kappa shape index (κ1) is 14.8. The van der Waals surface area contributed by atoms with E-state index < -0.39 is 6.10 Å². The van der Waals surface area contributed by atoms with Crippen LogP contribution in [-0.2, 0) is 0 Å². The molecule has 2 N–H and O–H groups in total. The summed E-state index contributed by atoms with van der Waals surface area (Å²) in [6.07, 6.45) is 0.380. The third kappa shape index (κ3) is 3.37. The van der Waals surface area contributed by atoms with Gasteiger partial charge in [-0.2, -0.15) is 0 Å². The van der Waals surface area contributed by atoms with Gasteiger partial charge in [-0.25, -0.2) is 0 Å². The van der Waals surface area contributed by atoms with Gasteiger partial charge in [-0.3, -0.25) is 0 Å². The molecule has 0 fully saturated rings. The number of nitrogens with zero attached hydrogens (tertiary/aromatic N) is 1. The van der Waals surface area contributed by atoms with Crippen molar-refractivity contribution in [3.05, 3.63) is 23.8 Å². The van der Waals surface area contributed by atoms with Crippen LogP contribution in [0.25, 0.3) is 0 Å². The van der Waals surface area contributed by atoms with Gasteiger partial charge in [0.05, 0.1) is 19.8 Å². The van der Waals surface area contributed by atoms with E-state index in [1.54, 1.807) is 14.0 Å². The smallest absolute Gasteiger partial charge is 0.126 e. The number of rotatable bonds is 7. The van der Waals surface area contributed by atoms with Gasteiger partial charge in [0.15, 0.2) is 0 Å². The Bertz CT molecular complexity index is 360. The Morgan fingerprint density at radius 2 is 2.06 bits per heavy atom. The number of anilines is 1. The molecule has 4 nitrogen and oxygen atoms in total. The van der Waals surface area contributed by atoms with Crippen molar-refractivity contribution in [2.45, 2.75) is 26.4 Å². The molecule has 0 bridgehead atoms. The van der Waals surface area contributed by atoms with Crippen molar-refractivity contribution < 1.29 is 14.9 Å². The van der Waals surface area contributed by atoms with Crippen LogP contribution in [0.3, 0.4) is 0 Å². The number of aliphatic hydroxyl groups excluding tert-OH is 2. The maximum absolute atomic E-state index is 9.93. The number of hydrogen-bond acceptors (Lipinski definition) is 4. The van der Waals surface area contributed by atoms with E-state index in [-0.39, 0.29) is 6.61 Å². The zero-order chi connectivity index (χ0) is 13.5. The second-order valence-corrected chi connectivity index (χ2v) is 4.28. The topological polar surface area (TPSA) is 52.9 Å². The Labute approximate surface area is 109 Å². The van der Waals surface area contributed by atoms with Crippen LogP contribution in [0.1, 0.15) is 31.9 Å². The molecular weight excluding hydrogens is 230 g/mol. The lowest BCUT2D eigenvalue weighted by atomic mass is 10.1. The zero-order valence-corrected chi connectivity index (χ0v) is 11.4. The monoisotopic (exact) mass is 253 g/mol. The highest BCUT2D eigenvalue weighted by molar-refractivity contribution is 5.60. The summed E-state index contributed by atoms with van der Waals surface area (Å²) in [4.78, 5) is 2.07. The van der Waals surface area contributed by atoms with Crippen molar-refractivity contribution >= 4 is 5.69 Å². The van der Waals surface area contributed by atoms with E-state index in [4.69, 9.17) is 9.84 Å². The molecule has 0 spiro atoms. The molecule has 0 saturated heterocycles. The number of aliphatic hydroxyl groups is 2. The molecule has 18 heavy (non-hydrogen) atoms. The summed E-state index contributed by atoms with van der Waals surface area (Å²) < 4.78 is 5.30. The lowest BCUT2D eigenvalue weighted by Gasteiger charge is -2.28. The molecule has 0 aliphatic carbocycles. The summed E-state index contributed by atoms with van der Waals surface area (Å²) in [5.74, 6) is 0.682. The van der Waals surface area contributed by atoms with Crippen LogP contribution in [0.15, 0.2) is 18.2 Å². The van der Waals surface area contributed by atoms with Crippen molar-refractivity contribution in [2.24, 2.45) is 0 Å². The summed E-state index contributed by atoms with van der Waals surface area (Å²) in [7, 11) is 1.60. The van der Waals surface area contributed by atoms with Gasteiger partial charge in [0.1, 0.15) is 5.75 Å². The van der Waals surface area contributed by atoms with Crippen LogP contribution in [0.4, 0.5) is 5.69 Å². The molecule has 0 aromatic heterocycles. The maximum Gasteiger partial charge on any atom is 0.126 e. The number of methoxy groups -OCH3 is 1. The number of hydrogen-bond donors (Lipinski definition) is 2. The minimum absolute atomic E-state index is 0.0937. The number of benzene rings is 1. The van der Waals surface area contributed by atoms with Crippen LogP contribution < -0.4 is 9.64 Å². The van der Waals surface area contributed by atoms with E-state index in [1.807, 2.05) is 18.2 Å². The second kappa shape index (κ2) is 7.24. The highest BCUT2D eigenvalue weighted by Crippen LogP contribution is 2.34. The minimum Gasteiger partial charge on any atom is -0.496 e. The fourth-order valence-electron chi connectivity index (χ4n) is 2.15. The molecule has 1 aromatic carbocycles. The van der Waals surface area contributed by atoms with Gasteiger partial charge in [-0.15, -0.1) is 0 Å².